The lowest BCUT2D eigenvalue weighted by Crippen LogP contribution is -2.34. The number of halogens is 1. The number of rotatable bonds is 7. The van der Waals surface area contributed by atoms with Gasteiger partial charge in [0, 0.05) is 17.4 Å². The second kappa shape index (κ2) is 7.54. The first-order valence-electron chi connectivity index (χ1n) is 6.86. The molecule has 0 fully saturated rings. The molecule has 0 saturated heterocycles. The van der Waals surface area contributed by atoms with Gasteiger partial charge in [0.2, 0.25) is 0 Å². The van der Waals surface area contributed by atoms with Crippen molar-refractivity contribution < 1.29 is 9.72 Å². The summed E-state index contributed by atoms with van der Waals surface area (Å²) in [6.45, 7) is 6.26. The third kappa shape index (κ3) is 5.12. The second-order valence-electron chi connectivity index (χ2n) is 5.87. The number of benzene rings is 1. The molecule has 6 heteroatoms. The lowest BCUT2D eigenvalue weighted by atomic mass is 9.88. The molecule has 0 bridgehead atoms. The van der Waals surface area contributed by atoms with Crippen LogP contribution in [0.25, 0.3) is 0 Å². The van der Waals surface area contributed by atoms with Gasteiger partial charge >= 0.3 is 0 Å². The highest BCUT2D eigenvalue weighted by Crippen LogP contribution is 2.24. The van der Waals surface area contributed by atoms with Gasteiger partial charge in [-0.1, -0.05) is 41.9 Å². The zero-order valence-electron chi connectivity index (χ0n) is 12.6. The Morgan fingerprint density at radius 3 is 2.67 bits per heavy atom. The van der Waals surface area contributed by atoms with E-state index in [4.69, 9.17) is 0 Å². The maximum absolute atomic E-state index is 12.2. The molecule has 0 aliphatic heterocycles. The third-order valence-electron chi connectivity index (χ3n) is 3.38. The van der Waals surface area contributed by atoms with E-state index in [9.17, 15) is 14.9 Å². The van der Waals surface area contributed by atoms with Gasteiger partial charge in [0.25, 0.3) is 11.6 Å². The third-order valence-corrected chi connectivity index (χ3v) is 3.94. The zero-order chi connectivity index (χ0) is 16.0. The average Bonchev–Trinajstić information content (AvgIpc) is 2.42. The summed E-state index contributed by atoms with van der Waals surface area (Å²) >= 11 is 3.39. The van der Waals surface area contributed by atoms with Gasteiger partial charge in [0.15, 0.2) is 0 Å². The largest absolute Gasteiger partial charge is 0.351 e. The van der Waals surface area contributed by atoms with Crippen LogP contribution in [-0.4, -0.2) is 22.7 Å². The Hall–Kier alpha value is -1.43. The number of alkyl halides is 1. The molecule has 0 aromatic heterocycles. The van der Waals surface area contributed by atoms with Crippen molar-refractivity contribution in [2.24, 2.45) is 5.41 Å². The van der Waals surface area contributed by atoms with Gasteiger partial charge < -0.3 is 5.32 Å². The molecule has 0 heterocycles. The first-order chi connectivity index (χ1) is 9.78. The van der Waals surface area contributed by atoms with Crippen LogP contribution >= 0.6 is 15.9 Å². The quantitative estimate of drug-likeness (QED) is 0.458. The number of para-hydroxylation sites is 1. The monoisotopic (exact) mass is 356 g/mol. The van der Waals surface area contributed by atoms with Crippen LogP contribution in [0.5, 0.6) is 0 Å². The van der Waals surface area contributed by atoms with E-state index in [-0.39, 0.29) is 16.7 Å². The highest BCUT2D eigenvalue weighted by Gasteiger charge is 2.24. The number of nitrogens with zero attached hydrogens (tertiary/aromatic N) is 1. The summed E-state index contributed by atoms with van der Waals surface area (Å²) < 4.78 is 0. The molecule has 21 heavy (non-hydrogen) atoms. The number of amides is 1. The normalized spacial score (nSPS) is 11.2. The molecule has 0 atom stereocenters. The molecule has 0 aliphatic carbocycles. The average molecular weight is 357 g/mol. The van der Waals surface area contributed by atoms with E-state index in [0.29, 0.717) is 12.1 Å². The molecule has 1 aromatic carbocycles. The number of carbonyl (C=O) groups is 1. The first kappa shape index (κ1) is 17.6. The van der Waals surface area contributed by atoms with Crippen LogP contribution < -0.4 is 5.32 Å². The Morgan fingerprint density at radius 1 is 1.43 bits per heavy atom. The minimum absolute atomic E-state index is 0.0396. The van der Waals surface area contributed by atoms with E-state index in [1.165, 1.54) is 6.07 Å². The fourth-order valence-electron chi connectivity index (χ4n) is 2.13. The molecular formula is C15H21BrN2O3. The van der Waals surface area contributed by atoms with Crippen LogP contribution in [0.15, 0.2) is 18.2 Å². The van der Waals surface area contributed by atoms with E-state index in [1.807, 2.05) is 0 Å². The van der Waals surface area contributed by atoms with E-state index < -0.39 is 10.8 Å². The maximum Gasteiger partial charge on any atom is 0.285 e. The maximum atomic E-state index is 12.2. The summed E-state index contributed by atoms with van der Waals surface area (Å²) in [7, 11) is 0. The Morgan fingerprint density at radius 2 is 2.10 bits per heavy atom. The molecule has 1 N–H and O–H groups in total. The molecule has 0 spiro atoms. The van der Waals surface area contributed by atoms with Crippen LogP contribution in [0.4, 0.5) is 5.69 Å². The lowest BCUT2D eigenvalue weighted by molar-refractivity contribution is -0.385. The molecule has 1 rings (SSSR count). The second-order valence-corrected chi connectivity index (χ2v) is 6.66. The number of nitrogens with one attached hydrogen (secondary N) is 1. The van der Waals surface area contributed by atoms with Gasteiger partial charge in [0.1, 0.15) is 5.56 Å². The predicted octanol–water partition coefficient (Wildman–Crippen LogP) is 3.83. The summed E-state index contributed by atoms with van der Waals surface area (Å²) in [5.74, 6) is -0.391. The van der Waals surface area contributed by atoms with E-state index in [0.717, 1.165) is 18.2 Å². The molecule has 1 amide bonds. The smallest absolute Gasteiger partial charge is 0.285 e. The summed E-state index contributed by atoms with van der Waals surface area (Å²) in [6.07, 6.45) is 1.99. The summed E-state index contributed by atoms with van der Waals surface area (Å²) in [4.78, 5) is 22.8. The van der Waals surface area contributed by atoms with E-state index in [2.05, 4.69) is 35.1 Å². The molecule has 0 radical (unpaired) electrons. The van der Waals surface area contributed by atoms with Crippen LogP contribution in [0.1, 0.15) is 42.6 Å². The van der Waals surface area contributed by atoms with Crippen molar-refractivity contribution in [3.63, 3.8) is 0 Å². The Kier molecular flexibility index (Phi) is 6.33. The first-order valence-corrected chi connectivity index (χ1v) is 7.99. The van der Waals surface area contributed by atoms with Crippen LogP contribution in [0.2, 0.25) is 0 Å². The minimum atomic E-state index is -0.500. The van der Waals surface area contributed by atoms with Gasteiger partial charge in [-0.3, -0.25) is 14.9 Å². The van der Waals surface area contributed by atoms with Crippen molar-refractivity contribution in [2.45, 2.75) is 33.6 Å². The number of nitro groups is 1. The summed E-state index contributed by atoms with van der Waals surface area (Å²) in [5.41, 5.74) is 0.456. The summed E-state index contributed by atoms with van der Waals surface area (Å²) in [5, 5.41) is 14.8. The number of nitro benzene ring substituents is 1. The molecule has 0 unspecified atom stereocenters. The van der Waals surface area contributed by atoms with Crippen molar-refractivity contribution in [1.29, 1.82) is 0 Å². The van der Waals surface area contributed by atoms with Crippen molar-refractivity contribution in [3.05, 3.63) is 39.4 Å². The van der Waals surface area contributed by atoms with Gasteiger partial charge in [-0.15, -0.1) is 0 Å². The Bertz CT molecular complexity index is 530. The SMILES string of the molecule is Cc1cccc(C(=O)NCC(C)(C)CCCBr)c1[N+](=O)[O-]. The van der Waals surface area contributed by atoms with Gasteiger partial charge in [-0.25, -0.2) is 0 Å². The Labute approximate surface area is 133 Å². The van der Waals surface area contributed by atoms with Crippen molar-refractivity contribution in [3.8, 4) is 0 Å². The van der Waals surface area contributed by atoms with Crippen LogP contribution in [-0.2, 0) is 0 Å². The molecule has 0 aliphatic rings. The zero-order valence-corrected chi connectivity index (χ0v) is 14.2. The number of hydrogen-bond acceptors (Lipinski definition) is 3. The van der Waals surface area contributed by atoms with E-state index in [1.54, 1.807) is 19.1 Å². The predicted molar refractivity (Wildman–Crippen MR) is 87.0 cm³/mol. The van der Waals surface area contributed by atoms with Crippen molar-refractivity contribution in [2.75, 3.05) is 11.9 Å². The minimum Gasteiger partial charge on any atom is -0.351 e. The van der Waals surface area contributed by atoms with E-state index >= 15 is 0 Å². The fourth-order valence-corrected chi connectivity index (χ4v) is 2.41. The highest BCUT2D eigenvalue weighted by atomic mass is 79.9. The van der Waals surface area contributed by atoms with Gasteiger partial charge in [0.05, 0.1) is 4.92 Å². The molecule has 1 aromatic rings. The molecule has 5 nitrogen and oxygen atoms in total. The molecular weight excluding hydrogens is 336 g/mol. The fraction of sp³-hybridized carbons (Fsp3) is 0.533. The Balaban J connectivity index is 2.82. The number of aryl methyl sites for hydroxylation is 1. The number of carbonyl (C=O) groups excluding carboxylic acids is 1. The molecule has 0 saturated carbocycles. The molecule has 116 valence electrons. The van der Waals surface area contributed by atoms with Crippen LogP contribution in [0, 0.1) is 22.5 Å². The highest BCUT2D eigenvalue weighted by molar-refractivity contribution is 9.09. The van der Waals surface area contributed by atoms with Gasteiger partial charge in [-0.2, -0.15) is 0 Å². The topological polar surface area (TPSA) is 72.2 Å². The van der Waals surface area contributed by atoms with Gasteiger partial charge in [-0.05, 0) is 31.2 Å². The number of hydrogen-bond donors (Lipinski definition) is 1. The van der Waals surface area contributed by atoms with Crippen LogP contribution in [0.3, 0.4) is 0 Å². The van der Waals surface area contributed by atoms with Crippen molar-refractivity contribution in [1.82, 2.24) is 5.32 Å². The summed E-state index contributed by atoms with van der Waals surface area (Å²) in [6, 6.07) is 4.79. The lowest BCUT2D eigenvalue weighted by Gasteiger charge is -2.24. The van der Waals surface area contributed by atoms with Crippen molar-refractivity contribution >= 4 is 27.5 Å². The standard InChI is InChI=1S/C15H21BrN2O3/c1-11-6-4-7-12(13(11)18(20)21)14(19)17-10-15(2,3)8-5-9-16/h4,6-7H,5,8-10H2,1-3H3,(H,17,19).